The van der Waals surface area contributed by atoms with Crippen molar-refractivity contribution in [2.24, 2.45) is 0 Å². The van der Waals surface area contributed by atoms with Crippen LogP contribution in [0, 0.1) is 21.7 Å². The van der Waals surface area contributed by atoms with Crippen LogP contribution in [-0.4, -0.2) is 43.8 Å². The van der Waals surface area contributed by atoms with Crippen molar-refractivity contribution < 1.29 is 35.3 Å². The van der Waals surface area contributed by atoms with Gasteiger partial charge in [0.2, 0.25) is 10.0 Å². The van der Waals surface area contributed by atoms with Gasteiger partial charge in [-0.15, -0.1) is 0 Å². The molecule has 1 fully saturated rings. The van der Waals surface area contributed by atoms with E-state index in [1.54, 1.807) is 0 Å². The van der Waals surface area contributed by atoms with E-state index in [0.717, 1.165) is 16.4 Å². The molecule has 0 amide bonds. The van der Waals surface area contributed by atoms with Gasteiger partial charge < -0.3 is 4.90 Å². The SMILES string of the molecule is O=[N+]([O-])c1cc(C(F)(F)F)c(Cl)cc1N1CCN(S(=O)(=O)c2ccc(F)c(F)c2)CC1. The van der Waals surface area contributed by atoms with Crippen molar-refractivity contribution in [1.82, 2.24) is 4.31 Å². The molecule has 0 radical (unpaired) electrons. The molecule has 0 unspecified atom stereocenters. The molecule has 31 heavy (non-hydrogen) atoms. The molecule has 0 spiro atoms. The van der Waals surface area contributed by atoms with Crippen molar-refractivity contribution in [2.45, 2.75) is 11.1 Å². The van der Waals surface area contributed by atoms with Crippen molar-refractivity contribution in [3.63, 3.8) is 0 Å². The summed E-state index contributed by atoms with van der Waals surface area (Å²) in [5.41, 5.74) is -2.37. The Morgan fingerprint density at radius 1 is 1.00 bits per heavy atom. The largest absolute Gasteiger partial charge is 0.418 e. The highest BCUT2D eigenvalue weighted by Gasteiger charge is 2.38. The van der Waals surface area contributed by atoms with Crippen LogP contribution in [0.4, 0.5) is 33.3 Å². The van der Waals surface area contributed by atoms with Crippen LogP contribution < -0.4 is 4.90 Å². The average molecular weight is 486 g/mol. The summed E-state index contributed by atoms with van der Waals surface area (Å²) < 4.78 is 91.8. The lowest BCUT2D eigenvalue weighted by atomic mass is 10.1. The summed E-state index contributed by atoms with van der Waals surface area (Å²) in [6.45, 7) is -0.606. The minimum absolute atomic E-state index is 0.106. The first-order valence-corrected chi connectivity index (χ1v) is 10.4. The Kier molecular flexibility index (Phi) is 6.13. The Bertz CT molecular complexity index is 1140. The number of hydrogen-bond donors (Lipinski definition) is 0. The van der Waals surface area contributed by atoms with Crippen LogP contribution in [0.3, 0.4) is 0 Å². The van der Waals surface area contributed by atoms with Crippen LogP contribution >= 0.6 is 11.6 Å². The van der Waals surface area contributed by atoms with E-state index in [1.807, 2.05) is 0 Å². The molecule has 0 bridgehead atoms. The van der Waals surface area contributed by atoms with Crippen molar-refractivity contribution in [3.05, 3.63) is 62.7 Å². The van der Waals surface area contributed by atoms with Crippen LogP contribution in [0.1, 0.15) is 5.56 Å². The van der Waals surface area contributed by atoms with E-state index < -0.39 is 53.9 Å². The first kappa shape index (κ1) is 23.2. The van der Waals surface area contributed by atoms with E-state index in [-0.39, 0.29) is 31.9 Å². The number of alkyl halides is 3. The maximum atomic E-state index is 13.4. The van der Waals surface area contributed by atoms with Crippen molar-refractivity contribution >= 4 is 33.0 Å². The van der Waals surface area contributed by atoms with Gasteiger partial charge in [-0.1, -0.05) is 11.6 Å². The number of nitrogens with zero attached hydrogens (tertiary/aromatic N) is 3. The highest BCUT2D eigenvalue weighted by Crippen LogP contribution is 2.41. The molecule has 7 nitrogen and oxygen atoms in total. The molecule has 0 saturated carbocycles. The first-order chi connectivity index (χ1) is 14.3. The quantitative estimate of drug-likeness (QED) is 0.370. The summed E-state index contributed by atoms with van der Waals surface area (Å²) in [4.78, 5) is 11.2. The molecular weight excluding hydrogens is 473 g/mol. The topological polar surface area (TPSA) is 83.8 Å². The van der Waals surface area contributed by atoms with E-state index in [0.29, 0.717) is 18.2 Å². The standard InChI is InChI=1S/C17H13ClF5N3O4S/c18-12-9-15(16(26(27)28)8-11(12)17(21,22)23)24-3-5-25(6-4-24)31(29,30)10-1-2-13(19)14(20)7-10/h1-2,7-9H,3-6H2. The summed E-state index contributed by atoms with van der Waals surface area (Å²) in [5.74, 6) is -2.55. The summed E-state index contributed by atoms with van der Waals surface area (Å²) in [6.07, 6.45) is -4.89. The van der Waals surface area contributed by atoms with Crippen molar-refractivity contribution in [2.75, 3.05) is 31.1 Å². The Morgan fingerprint density at radius 2 is 1.61 bits per heavy atom. The number of sulfonamides is 1. The number of piperazine rings is 1. The lowest BCUT2D eigenvalue weighted by molar-refractivity contribution is -0.384. The average Bonchev–Trinajstić information content (AvgIpc) is 2.68. The smallest absolute Gasteiger partial charge is 0.363 e. The molecule has 14 heteroatoms. The number of nitro benzene ring substituents is 1. The minimum Gasteiger partial charge on any atom is -0.363 e. The lowest BCUT2D eigenvalue weighted by Gasteiger charge is -2.35. The van der Waals surface area contributed by atoms with Gasteiger partial charge in [-0.2, -0.15) is 17.5 Å². The van der Waals surface area contributed by atoms with Gasteiger partial charge in [-0.3, -0.25) is 10.1 Å². The zero-order valence-electron chi connectivity index (χ0n) is 15.4. The second kappa shape index (κ2) is 8.20. The molecule has 168 valence electrons. The summed E-state index contributed by atoms with van der Waals surface area (Å²) in [5, 5.41) is 10.6. The number of anilines is 1. The third-order valence-electron chi connectivity index (χ3n) is 4.67. The van der Waals surface area contributed by atoms with Gasteiger partial charge in [0.15, 0.2) is 11.6 Å². The fourth-order valence-corrected chi connectivity index (χ4v) is 4.82. The molecule has 3 rings (SSSR count). The highest BCUT2D eigenvalue weighted by atomic mass is 35.5. The molecule has 0 atom stereocenters. The summed E-state index contributed by atoms with van der Waals surface area (Å²) in [6, 6.07) is 3.27. The van der Waals surface area contributed by atoms with Crippen molar-refractivity contribution in [1.29, 1.82) is 0 Å². The number of nitro groups is 1. The van der Waals surface area contributed by atoms with Gasteiger partial charge in [0.1, 0.15) is 5.69 Å². The Morgan fingerprint density at radius 3 is 2.13 bits per heavy atom. The number of benzene rings is 2. The lowest BCUT2D eigenvalue weighted by Crippen LogP contribution is -2.48. The highest BCUT2D eigenvalue weighted by molar-refractivity contribution is 7.89. The fourth-order valence-electron chi connectivity index (χ4n) is 3.12. The third kappa shape index (κ3) is 4.57. The van der Waals surface area contributed by atoms with E-state index >= 15 is 0 Å². The van der Waals surface area contributed by atoms with Crippen molar-refractivity contribution in [3.8, 4) is 0 Å². The van der Waals surface area contributed by atoms with Crippen LogP contribution in [0.2, 0.25) is 5.02 Å². The Hall–Kier alpha value is -2.51. The molecular formula is C17H13ClF5N3O4S. The van der Waals surface area contributed by atoms with E-state index in [2.05, 4.69) is 0 Å². The van der Waals surface area contributed by atoms with E-state index in [4.69, 9.17) is 11.6 Å². The van der Waals surface area contributed by atoms with Crippen LogP contribution in [-0.2, 0) is 16.2 Å². The van der Waals surface area contributed by atoms with E-state index in [1.165, 1.54) is 4.90 Å². The summed E-state index contributed by atoms with van der Waals surface area (Å²) >= 11 is 5.68. The molecule has 2 aromatic carbocycles. The second-order valence-corrected chi connectivity index (χ2v) is 8.89. The normalized spacial score (nSPS) is 15.9. The Balaban J connectivity index is 1.86. The molecule has 0 N–H and O–H groups in total. The third-order valence-corrected chi connectivity index (χ3v) is 6.88. The van der Waals surface area contributed by atoms with Gasteiger partial charge in [-0.05, 0) is 24.3 Å². The van der Waals surface area contributed by atoms with Crippen LogP contribution in [0.25, 0.3) is 0 Å². The van der Waals surface area contributed by atoms with Gasteiger partial charge in [0, 0.05) is 32.2 Å². The zero-order chi connectivity index (χ0) is 23.1. The van der Waals surface area contributed by atoms with Gasteiger partial charge in [-0.25, -0.2) is 17.2 Å². The monoisotopic (exact) mass is 485 g/mol. The first-order valence-electron chi connectivity index (χ1n) is 8.57. The number of rotatable bonds is 4. The van der Waals surface area contributed by atoms with Crippen LogP contribution in [0.5, 0.6) is 0 Å². The maximum absolute atomic E-state index is 13.4. The molecule has 0 aliphatic carbocycles. The van der Waals surface area contributed by atoms with E-state index in [9.17, 15) is 40.5 Å². The molecule has 1 aliphatic heterocycles. The van der Waals surface area contributed by atoms with Gasteiger partial charge >= 0.3 is 6.18 Å². The van der Waals surface area contributed by atoms with Gasteiger partial charge in [0.25, 0.3) is 5.69 Å². The molecule has 0 aromatic heterocycles. The number of halogens is 6. The molecule has 1 heterocycles. The zero-order valence-corrected chi connectivity index (χ0v) is 16.9. The number of hydrogen-bond acceptors (Lipinski definition) is 5. The van der Waals surface area contributed by atoms with Gasteiger partial charge in [0.05, 0.1) is 20.4 Å². The minimum atomic E-state index is -4.89. The fraction of sp³-hybridized carbons (Fsp3) is 0.294. The second-order valence-electron chi connectivity index (χ2n) is 6.54. The molecule has 2 aromatic rings. The molecule has 1 saturated heterocycles. The Labute approximate surface area is 177 Å². The maximum Gasteiger partial charge on any atom is 0.418 e. The predicted molar refractivity (Wildman–Crippen MR) is 100 cm³/mol. The summed E-state index contributed by atoms with van der Waals surface area (Å²) in [7, 11) is -4.18. The molecule has 1 aliphatic rings. The predicted octanol–water partition coefficient (Wildman–Crippen LogP) is 4.06. The van der Waals surface area contributed by atoms with Crippen LogP contribution in [0.15, 0.2) is 35.2 Å².